The van der Waals surface area contributed by atoms with Gasteiger partial charge in [-0.25, -0.2) is 4.98 Å². The van der Waals surface area contributed by atoms with Crippen LogP contribution in [0.25, 0.3) is 17.0 Å². The lowest BCUT2D eigenvalue weighted by Gasteiger charge is -2.34. The van der Waals surface area contributed by atoms with Crippen molar-refractivity contribution in [3.63, 3.8) is 0 Å². The summed E-state index contributed by atoms with van der Waals surface area (Å²) >= 11 is 0. The van der Waals surface area contributed by atoms with Crippen molar-refractivity contribution in [3.8, 4) is 17.4 Å². The highest BCUT2D eigenvalue weighted by molar-refractivity contribution is 6.04. The summed E-state index contributed by atoms with van der Waals surface area (Å²) in [7, 11) is 3.52. The Kier molecular flexibility index (Phi) is 9.68. The molecular formula is C37H34F3N5O4. The first-order chi connectivity index (χ1) is 23.6. The Balaban J connectivity index is 1.03. The molecule has 1 N–H and O–H groups in total. The quantitative estimate of drug-likeness (QED) is 0.180. The molecule has 6 rings (SSSR count). The van der Waals surface area contributed by atoms with Gasteiger partial charge in [0.15, 0.2) is 0 Å². The van der Waals surface area contributed by atoms with Crippen molar-refractivity contribution in [3.05, 3.63) is 120 Å². The van der Waals surface area contributed by atoms with Crippen LogP contribution in [0.15, 0.2) is 97.2 Å². The van der Waals surface area contributed by atoms with Crippen LogP contribution in [0.1, 0.15) is 32.0 Å². The van der Waals surface area contributed by atoms with Gasteiger partial charge in [-0.2, -0.15) is 13.2 Å². The number of methoxy groups -OCH3 is 1. The fraction of sp³-hybridized carbons (Fsp3) is 0.216. The summed E-state index contributed by atoms with van der Waals surface area (Å²) in [6, 6.07) is 22.4. The molecule has 1 aliphatic heterocycles. The van der Waals surface area contributed by atoms with Crippen molar-refractivity contribution in [1.82, 2.24) is 19.4 Å². The highest BCUT2D eigenvalue weighted by atomic mass is 19.4. The van der Waals surface area contributed by atoms with Gasteiger partial charge in [-0.1, -0.05) is 24.3 Å². The number of hydrogen-bond acceptors (Lipinski definition) is 6. The average Bonchev–Trinajstić information content (AvgIpc) is 3.44. The van der Waals surface area contributed by atoms with Gasteiger partial charge in [0, 0.05) is 62.3 Å². The molecule has 3 aromatic carbocycles. The number of fused-ring (bicyclic) bond motifs is 1. The summed E-state index contributed by atoms with van der Waals surface area (Å²) in [4.78, 5) is 34.5. The monoisotopic (exact) mass is 669 g/mol. The van der Waals surface area contributed by atoms with E-state index in [1.54, 1.807) is 25.3 Å². The van der Waals surface area contributed by atoms with E-state index in [4.69, 9.17) is 9.47 Å². The average molecular weight is 670 g/mol. The smallest absolute Gasteiger partial charge is 0.416 e. The number of pyridine rings is 1. The standard InChI is InChI=1S/C37H34F3N5O4/c1-43-32-15-14-31(49-34-16-11-29(24-41-34)42-35(46)26-7-9-28(10-8-26)37(38,39)40)22-27(32)23-33(43)36(47)45-20-18-44(19-21-45)17-3-4-25-5-12-30(48-2)13-6-25/h3-16,22-24H,17-21H2,1-2H3,(H,42,46)/b4-3+. The van der Waals surface area contributed by atoms with Gasteiger partial charge in [0.1, 0.15) is 17.2 Å². The second-order valence-corrected chi connectivity index (χ2v) is 11.6. The Morgan fingerprint density at radius 1 is 0.898 bits per heavy atom. The number of benzene rings is 3. The third-order valence-corrected chi connectivity index (χ3v) is 8.37. The molecule has 0 unspecified atom stereocenters. The molecule has 1 saturated heterocycles. The van der Waals surface area contributed by atoms with E-state index in [0.717, 1.165) is 66.1 Å². The van der Waals surface area contributed by atoms with Crippen LogP contribution in [0.3, 0.4) is 0 Å². The minimum atomic E-state index is -4.48. The second kappa shape index (κ2) is 14.2. The summed E-state index contributed by atoms with van der Waals surface area (Å²) < 4.78 is 51.5. The molecule has 0 aliphatic carbocycles. The zero-order chi connectivity index (χ0) is 34.5. The Hall–Kier alpha value is -5.62. The molecule has 0 bridgehead atoms. The van der Waals surface area contributed by atoms with Gasteiger partial charge in [0.2, 0.25) is 5.88 Å². The van der Waals surface area contributed by atoms with E-state index in [1.165, 1.54) is 6.20 Å². The minimum Gasteiger partial charge on any atom is -0.497 e. The summed E-state index contributed by atoms with van der Waals surface area (Å²) in [5, 5.41) is 3.45. The third-order valence-electron chi connectivity index (χ3n) is 8.37. The molecule has 0 radical (unpaired) electrons. The molecule has 2 aromatic heterocycles. The Labute approximate surface area is 281 Å². The number of aromatic nitrogens is 2. The molecule has 0 atom stereocenters. The predicted octanol–water partition coefficient (Wildman–Crippen LogP) is 7.12. The minimum absolute atomic E-state index is 0.0230. The van der Waals surface area contributed by atoms with Crippen LogP contribution in [0.5, 0.6) is 17.4 Å². The van der Waals surface area contributed by atoms with E-state index >= 15 is 0 Å². The van der Waals surface area contributed by atoms with Crippen LogP contribution in [0.2, 0.25) is 0 Å². The lowest BCUT2D eigenvalue weighted by Crippen LogP contribution is -2.48. The van der Waals surface area contributed by atoms with Crippen molar-refractivity contribution < 1.29 is 32.2 Å². The number of halogens is 3. The van der Waals surface area contributed by atoms with Crippen LogP contribution < -0.4 is 14.8 Å². The molecular weight excluding hydrogens is 635 g/mol. The van der Waals surface area contributed by atoms with Crippen LogP contribution in [0.4, 0.5) is 18.9 Å². The lowest BCUT2D eigenvalue weighted by molar-refractivity contribution is -0.137. The fourth-order valence-corrected chi connectivity index (χ4v) is 5.59. The number of alkyl halides is 3. The van der Waals surface area contributed by atoms with E-state index < -0.39 is 17.6 Å². The van der Waals surface area contributed by atoms with Gasteiger partial charge in [-0.05, 0) is 72.3 Å². The molecule has 49 heavy (non-hydrogen) atoms. The summed E-state index contributed by atoms with van der Waals surface area (Å²) in [5.41, 5.74) is 2.18. The number of rotatable bonds is 9. The number of ether oxygens (including phenoxy) is 2. The van der Waals surface area contributed by atoms with E-state index in [9.17, 15) is 22.8 Å². The van der Waals surface area contributed by atoms with Crippen LogP contribution >= 0.6 is 0 Å². The zero-order valence-corrected chi connectivity index (χ0v) is 26.9. The number of aryl methyl sites for hydroxylation is 1. The topological polar surface area (TPSA) is 88.9 Å². The first-order valence-corrected chi connectivity index (χ1v) is 15.6. The van der Waals surface area contributed by atoms with E-state index in [2.05, 4.69) is 27.4 Å². The molecule has 12 heteroatoms. The number of carbonyl (C=O) groups is 2. The van der Waals surface area contributed by atoms with Gasteiger partial charge in [-0.15, -0.1) is 0 Å². The lowest BCUT2D eigenvalue weighted by atomic mass is 10.1. The maximum absolute atomic E-state index is 13.5. The van der Waals surface area contributed by atoms with Gasteiger partial charge in [0.25, 0.3) is 11.8 Å². The summed E-state index contributed by atoms with van der Waals surface area (Å²) in [5.74, 6) is 1.03. The normalized spacial score (nSPS) is 13.9. The molecule has 0 saturated carbocycles. The number of nitrogens with zero attached hydrogens (tertiary/aromatic N) is 4. The van der Waals surface area contributed by atoms with Crippen LogP contribution in [0, 0.1) is 0 Å². The predicted molar refractivity (Wildman–Crippen MR) is 181 cm³/mol. The van der Waals surface area contributed by atoms with Gasteiger partial charge >= 0.3 is 6.18 Å². The number of nitrogens with one attached hydrogen (secondary N) is 1. The van der Waals surface area contributed by atoms with Gasteiger partial charge in [0.05, 0.1) is 24.6 Å². The third kappa shape index (κ3) is 7.92. The maximum atomic E-state index is 13.5. The van der Waals surface area contributed by atoms with E-state index in [0.29, 0.717) is 30.2 Å². The van der Waals surface area contributed by atoms with Crippen molar-refractivity contribution in [2.45, 2.75) is 6.18 Å². The number of anilines is 1. The molecule has 0 spiro atoms. The Morgan fingerprint density at radius 3 is 2.27 bits per heavy atom. The first kappa shape index (κ1) is 33.3. The number of hydrogen-bond donors (Lipinski definition) is 1. The molecule has 1 aliphatic rings. The Bertz CT molecular complexity index is 1960. The van der Waals surface area contributed by atoms with Crippen LogP contribution in [-0.2, 0) is 13.2 Å². The van der Waals surface area contributed by atoms with E-state index in [-0.39, 0.29) is 17.4 Å². The highest BCUT2D eigenvalue weighted by Crippen LogP contribution is 2.30. The molecule has 1 fully saturated rings. The molecule has 5 aromatic rings. The fourth-order valence-electron chi connectivity index (χ4n) is 5.59. The highest BCUT2D eigenvalue weighted by Gasteiger charge is 2.30. The molecule has 9 nitrogen and oxygen atoms in total. The van der Waals surface area contributed by atoms with Crippen molar-refractivity contribution in [2.24, 2.45) is 7.05 Å². The van der Waals surface area contributed by atoms with Crippen molar-refractivity contribution >= 4 is 34.5 Å². The molecule has 3 heterocycles. The van der Waals surface area contributed by atoms with Crippen molar-refractivity contribution in [2.75, 3.05) is 45.2 Å². The largest absolute Gasteiger partial charge is 0.497 e. The number of amides is 2. The van der Waals surface area contributed by atoms with Crippen LogP contribution in [-0.4, -0.2) is 71.0 Å². The SMILES string of the molecule is COc1ccc(/C=C/CN2CCN(C(=O)c3cc4cc(Oc5ccc(NC(=O)c6ccc(C(F)(F)F)cc6)cn5)ccc4n3C)CC2)cc1. The van der Waals surface area contributed by atoms with E-state index in [1.807, 2.05) is 59.0 Å². The number of carbonyl (C=O) groups excluding carboxylic acids is 2. The Morgan fingerprint density at radius 2 is 1.61 bits per heavy atom. The summed E-state index contributed by atoms with van der Waals surface area (Å²) in [6.45, 7) is 3.64. The zero-order valence-electron chi connectivity index (χ0n) is 26.9. The first-order valence-electron chi connectivity index (χ1n) is 15.6. The molecule has 2 amide bonds. The second-order valence-electron chi connectivity index (χ2n) is 11.6. The maximum Gasteiger partial charge on any atom is 0.416 e. The summed E-state index contributed by atoms with van der Waals surface area (Å²) in [6.07, 6.45) is 1.14. The van der Waals surface area contributed by atoms with Crippen molar-refractivity contribution in [1.29, 1.82) is 0 Å². The molecule has 252 valence electrons. The van der Waals surface area contributed by atoms with Gasteiger partial charge in [-0.3, -0.25) is 14.5 Å². The number of piperazine rings is 1. The van der Waals surface area contributed by atoms with Gasteiger partial charge < -0.3 is 24.3 Å².